The van der Waals surface area contributed by atoms with Gasteiger partial charge in [-0.15, -0.1) is 0 Å². The van der Waals surface area contributed by atoms with Gasteiger partial charge < -0.3 is 24.4 Å². The first-order chi connectivity index (χ1) is 13.7. The van der Waals surface area contributed by atoms with E-state index in [1.165, 1.54) is 0 Å². The van der Waals surface area contributed by atoms with Gasteiger partial charge in [0.1, 0.15) is 5.75 Å². The van der Waals surface area contributed by atoms with E-state index in [4.69, 9.17) is 14.2 Å². The molecule has 1 unspecified atom stereocenters. The van der Waals surface area contributed by atoms with Crippen molar-refractivity contribution < 1.29 is 19.0 Å². The van der Waals surface area contributed by atoms with Crippen LogP contribution in [0.4, 0.5) is 4.79 Å². The highest BCUT2D eigenvalue weighted by atomic mass is 16.5. The number of nitrogens with zero attached hydrogens (tertiary/aromatic N) is 1. The van der Waals surface area contributed by atoms with Crippen LogP contribution in [0.5, 0.6) is 17.2 Å². The monoisotopic (exact) mass is 384 g/mol. The summed E-state index contributed by atoms with van der Waals surface area (Å²) in [5.74, 6) is 2.23. The summed E-state index contributed by atoms with van der Waals surface area (Å²) in [6.07, 6.45) is 2.72. The van der Waals surface area contributed by atoms with Crippen molar-refractivity contribution in [1.82, 2.24) is 10.2 Å². The number of likely N-dealkylation sites (tertiary alicyclic amines) is 1. The van der Waals surface area contributed by atoms with Crippen LogP contribution in [0.3, 0.4) is 0 Å². The minimum atomic E-state index is -0.0150. The molecule has 0 saturated carbocycles. The molecule has 1 aliphatic heterocycles. The van der Waals surface area contributed by atoms with Crippen LogP contribution in [-0.2, 0) is 6.42 Å². The summed E-state index contributed by atoms with van der Waals surface area (Å²) in [6.45, 7) is 1.35. The molecule has 1 aliphatic rings. The molecule has 28 heavy (non-hydrogen) atoms. The van der Waals surface area contributed by atoms with Gasteiger partial charge in [0.15, 0.2) is 11.5 Å². The van der Waals surface area contributed by atoms with Crippen LogP contribution in [0.1, 0.15) is 30.0 Å². The van der Waals surface area contributed by atoms with Gasteiger partial charge in [0, 0.05) is 13.1 Å². The normalized spacial score (nSPS) is 16.0. The maximum atomic E-state index is 12.7. The lowest BCUT2D eigenvalue weighted by molar-refractivity contribution is 0.193. The number of nitrogens with one attached hydrogen (secondary N) is 1. The maximum Gasteiger partial charge on any atom is 0.317 e. The number of amides is 2. The topological polar surface area (TPSA) is 60.0 Å². The molecule has 0 spiro atoms. The zero-order valence-electron chi connectivity index (χ0n) is 16.7. The number of hydrogen-bond donors (Lipinski definition) is 1. The zero-order valence-corrected chi connectivity index (χ0v) is 16.7. The Bertz CT molecular complexity index is 792. The van der Waals surface area contributed by atoms with Crippen molar-refractivity contribution in [2.24, 2.45) is 0 Å². The molecule has 0 aromatic heterocycles. The molecule has 2 aromatic carbocycles. The number of ether oxygens (including phenoxy) is 3. The SMILES string of the molecule is COc1ccc(C2CCCN2C(=O)NCCc2ccc(OC)c(OC)c2)cc1. The average Bonchev–Trinajstić information content (AvgIpc) is 3.23. The van der Waals surface area contributed by atoms with Crippen molar-refractivity contribution in [3.05, 3.63) is 53.6 Å². The first-order valence-corrected chi connectivity index (χ1v) is 9.55. The van der Waals surface area contributed by atoms with E-state index in [0.717, 1.165) is 42.7 Å². The molecular formula is C22H28N2O4. The summed E-state index contributed by atoms with van der Waals surface area (Å²) in [5, 5.41) is 3.05. The van der Waals surface area contributed by atoms with Crippen molar-refractivity contribution >= 4 is 6.03 Å². The molecule has 1 saturated heterocycles. The fourth-order valence-electron chi connectivity index (χ4n) is 3.63. The Kier molecular flexibility index (Phi) is 6.63. The highest BCUT2D eigenvalue weighted by Crippen LogP contribution is 2.32. The van der Waals surface area contributed by atoms with Gasteiger partial charge in [-0.05, 0) is 54.7 Å². The highest BCUT2D eigenvalue weighted by Gasteiger charge is 2.29. The number of urea groups is 1. The van der Waals surface area contributed by atoms with Crippen LogP contribution in [0.2, 0.25) is 0 Å². The Balaban J connectivity index is 1.56. The lowest BCUT2D eigenvalue weighted by Gasteiger charge is -2.25. The lowest BCUT2D eigenvalue weighted by Crippen LogP contribution is -2.40. The fourth-order valence-corrected chi connectivity index (χ4v) is 3.63. The predicted molar refractivity (Wildman–Crippen MR) is 108 cm³/mol. The van der Waals surface area contributed by atoms with Crippen molar-refractivity contribution in [3.8, 4) is 17.2 Å². The second-order valence-electron chi connectivity index (χ2n) is 6.80. The van der Waals surface area contributed by atoms with E-state index in [1.807, 2.05) is 47.4 Å². The van der Waals surface area contributed by atoms with Crippen LogP contribution in [-0.4, -0.2) is 45.3 Å². The summed E-state index contributed by atoms with van der Waals surface area (Å²) >= 11 is 0. The van der Waals surface area contributed by atoms with Gasteiger partial charge in [-0.25, -0.2) is 4.79 Å². The van der Waals surface area contributed by atoms with Gasteiger partial charge in [0.05, 0.1) is 27.4 Å². The Morgan fingerprint density at radius 2 is 1.79 bits per heavy atom. The zero-order chi connectivity index (χ0) is 19.9. The molecule has 6 nitrogen and oxygen atoms in total. The van der Waals surface area contributed by atoms with Gasteiger partial charge in [0.25, 0.3) is 0 Å². The Hall–Kier alpha value is -2.89. The summed E-state index contributed by atoms with van der Waals surface area (Å²) < 4.78 is 15.8. The standard InChI is InChI=1S/C22H28N2O4/c1-26-18-9-7-17(8-10-18)19-5-4-14-24(19)22(25)23-13-12-16-6-11-20(27-2)21(15-16)28-3/h6-11,15,19H,4-5,12-14H2,1-3H3,(H,23,25). The van der Waals surface area contributed by atoms with Gasteiger partial charge in [-0.3, -0.25) is 0 Å². The summed E-state index contributed by atoms with van der Waals surface area (Å²) in [5.41, 5.74) is 2.24. The van der Waals surface area contributed by atoms with Gasteiger partial charge in [-0.1, -0.05) is 18.2 Å². The maximum absolute atomic E-state index is 12.7. The third kappa shape index (κ3) is 4.50. The molecule has 1 fully saturated rings. The number of carbonyl (C=O) groups is 1. The van der Waals surface area contributed by atoms with Crippen LogP contribution >= 0.6 is 0 Å². The van der Waals surface area contributed by atoms with Crippen molar-refractivity contribution in [1.29, 1.82) is 0 Å². The number of benzene rings is 2. The Morgan fingerprint density at radius 3 is 2.46 bits per heavy atom. The minimum absolute atomic E-state index is 0.0150. The molecule has 1 heterocycles. The fraction of sp³-hybridized carbons (Fsp3) is 0.409. The largest absolute Gasteiger partial charge is 0.497 e. The van der Waals surface area contributed by atoms with E-state index < -0.39 is 0 Å². The molecule has 0 aliphatic carbocycles. The molecule has 150 valence electrons. The number of rotatable bonds is 7. The number of carbonyl (C=O) groups excluding carboxylic acids is 1. The smallest absolute Gasteiger partial charge is 0.317 e. The van der Waals surface area contributed by atoms with E-state index in [-0.39, 0.29) is 12.1 Å². The molecule has 2 amide bonds. The van der Waals surface area contributed by atoms with Gasteiger partial charge in [-0.2, -0.15) is 0 Å². The van der Waals surface area contributed by atoms with Gasteiger partial charge >= 0.3 is 6.03 Å². The minimum Gasteiger partial charge on any atom is -0.497 e. The highest BCUT2D eigenvalue weighted by molar-refractivity contribution is 5.75. The Labute approximate surface area is 166 Å². The summed E-state index contributed by atoms with van der Waals surface area (Å²) in [6, 6.07) is 13.9. The molecule has 6 heteroatoms. The van der Waals surface area contributed by atoms with Crippen LogP contribution < -0.4 is 19.5 Å². The lowest BCUT2D eigenvalue weighted by atomic mass is 10.0. The average molecular weight is 384 g/mol. The molecule has 0 radical (unpaired) electrons. The molecule has 3 rings (SSSR count). The van der Waals surface area contributed by atoms with E-state index in [9.17, 15) is 4.79 Å². The van der Waals surface area contributed by atoms with Crippen LogP contribution in [0, 0.1) is 0 Å². The quantitative estimate of drug-likeness (QED) is 0.789. The summed E-state index contributed by atoms with van der Waals surface area (Å²) in [7, 11) is 4.89. The number of hydrogen-bond acceptors (Lipinski definition) is 4. The molecular weight excluding hydrogens is 356 g/mol. The molecule has 1 atom stereocenters. The second kappa shape index (κ2) is 9.35. The van der Waals surface area contributed by atoms with Crippen molar-refractivity contribution in [3.63, 3.8) is 0 Å². The van der Waals surface area contributed by atoms with Crippen LogP contribution in [0.15, 0.2) is 42.5 Å². The molecule has 2 aromatic rings. The first kappa shape index (κ1) is 19.9. The van der Waals surface area contributed by atoms with E-state index in [0.29, 0.717) is 18.0 Å². The Morgan fingerprint density at radius 1 is 1.04 bits per heavy atom. The van der Waals surface area contributed by atoms with Crippen molar-refractivity contribution in [2.45, 2.75) is 25.3 Å². The number of methoxy groups -OCH3 is 3. The summed E-state index contributed by atoms with van der Waals surface area (Å²) in [4.78, 5) is 14.6. The van der Waals surface area contributed by atoms with Crippen molar-refractivity contribution in [2.75, 3.05) is 34.4 Å². The van der Waals surface area contributed by atoms with E-state index in [2.05, 4.69) is 5.32 Å². The first-order valence-electron chi connectivity index (χ1n) is 9.55. The van der Waals surface area contributed by atoms with E-state index >= 15 is 0 Å². The van der Waals surface area contributed by atoms with Gasteiger partial charge in [0.2, 0.25) is 0 Å². The predicted octanol–water partition coefficient (Wildman–Crippen LogP) is 3.80. The van der Waals surface area contributed by atoms with Crippen LogP contribution in [0.25, 0.3) is 0 Å². The molecule has 0 bridgehead atoms. The third-order valence-corrected chi connectivity index (χ3v) is 5.15. The van der Waals surface area contributed by atoms with E-state index in [1.54, 1.807) is 21.3 Å². The molecule has 1 N–H and O–H groups in total. The second-order valence-corrected chi connectivity index (χ2v) is 6.80. The third-order valence-electron chi connectivity index (χ3n) is 5.15.